The van der Waals surface area contributed by atoms with Gasteiger partial charge in [0.05, 0.1) is 14.4 Å². The van der Waals surface area contributed by atoms with Crippen molar-refractivity contribution in [3.63, 3.8) is 0 Å². The van der Waals surface area contributed by atoms with Crippen molar-refractivity contribution in [1.82, 2.24) is 9.97 Å². The third-order valence-corrected chi connectivity index (χ3v) is 4.20. The lowest BCUT2D eigenvalue weighted by atomic mass is 10.2. The van der Waals surface area contributed by atoms with E-state index in [0.717, 1.165) is 38.7 Å². The first-order valence-corrected chi connectivity index (χ1v) is 7.51. The molecule has 2 heterocycles. The van der Waals surface area contributed by atoms with Crippen LogP contribution in [0.3, 0.4) is 0 Å². The summed E-state index contributed by atoms with van der Waals surface area (Å²) in [4.78, 5) is 10.2. The largest absolute Gasteiger partial charge is 0.328 e. The Morgan fingerprint density at radius 3 is 2.78 bits per heavy atom. The van der Waals surface area contributed by atoms with Crippen LogP contribution in [-0.4, -0.2) is 16.0 Å². The number of thiophene rings is 1. The van der Waals surface area contributed by atoms with Crippen LogP contribution in [0.25, 0.3) is 10.6 Å². The molecule has 2 N–H and O–H groups in total. The molecule has 0 aliphatic rings. The molecular weight excluding hydrogens is 310 g/mol. The molecule has 0 amide bonds. The van der Waals surface area contributed by atoms with Crippen molar-refractivity contribution in [3.8, 4) is 10.6 Å². The van der Waals surface area contributed by atoms with Gasteiger partial charge in [-0.1, -0.05) is 0 Å². The Hall–Kier alpha value is -0.780. The fraction of sp³-hybridized carbons (Fsp3) is 0.385. The summed E-state index contributed by atoms with van der Waals surface area (Å²) in [5, 5.41) is 0. The third-order valence-electron chi connectivity index (χ3n) is 2.55. The maximum absolute atomic E-state index is 5.77. The number of hydrogen-bond acceptors (Lipinski definition) is 4. The highest BCUT2D eigenvalue weighted by atomic mass is 79.9. The minimum absolute atomic E-state index is 0.188. The molecule has 0 aliphatic heterocycles. The highest BCUT2D eigenvalue weighted by Gasteiger charge is 2.07. The van der Waals surface area contributed by atoms with Crippen molar-refractivity contribution < 1.29 is 0 Å². The van der Waals surface area contributed by atoms with E-state index in [4.69, 9.17) is 5.73 Å². The lowest BCUT2D eigenvalue weighted by molar-refractivity contribution is 0.647. The number of rotatable bonds is 4. The zero-order valence-electron chi connectivity index (χ0n) is 10.5. The predicted molar refractivity (Wildman–Crippen MR) is 79.8 cm³/mol. The van der Waals surface area contributed by atoms with Gasteiger partial charge < -0.3 is 5.73 Å². The summed E-state index contributed by atoms with van der Waals surface area (Å²) in [6.07, 6.45) is 1.75. The van der Waals surface area contributed by atoms with Gasteiger partial charge in [-0.15, -0.1) is 11.3 Å². The van der Waals surface area contributed by atoms with Gasteiger partial charge in [-0.05, 0) is 54.4 Å². The fourth-order valence-electron chi connectivity index (χ4n) is 1.68. The Kier molecular flexibility index (Phi) is 4.48. The molecule has 18 heavy (non-hydrogen) atoms. The first kappa shape index (κ1) is 13.6. The molecular formula is C13H16BrN3S. The average Bonchev–Trinajstić information content (AvgIpc) is 2.72. The molecule has 0 spiro atoms. The number of hydrogen-bond donors (Lipinski definition) is 1. The van der Waals surface area contributed by atoms with Crippen molar-refractivity contribution in [2.75, 3.05) is 0 Å². The summed E-state index contributed by atoms with van der Waals surface area (Å²) in [5.41, 5.74) is 7.77. The van der Waals surface area contributed by atoms with Crippen LogP contribution in [0.1, 0.15) is 24.9 Å². The number of halogens is 1. The number of aromatic nitrogens is 2. The molecule has 2 rings (SSSR count). The number of aryl methyl sites for hydroxylation is 2. The van der Waals surface area contributed by atoms with Crippen molar-refractivity contribution in [2.24, 2.45) is 5.73 Å². The van der Waals surface area contributed by atoms with Crippen molar-refractivity contribution in [1.29, 1.82) is 0 Å². The Balaban J connectivity index is 2.26. The van der Waals surface area contributed by atoms with Crippen molar-refractivity contribution in [3.05, 3.63) is 33.5 Å². The predicted octanol–water partition coefficient (Wildman–Crippen LogP) is 3.56. The number of nitrogens with two attached hydrogens (primary N) is 1. The second-order valence-corrected chi connectivity index (χ2v) is 6.89. The van der Waals surface area contributed by atoms with E-state index < -0.39 is 0 Å². The zero-order chi connectivity index (χ0) is 13.1. The molecule has 0 aromatic carbocycles. The van der Waals surface area contributed by atoms with Crippen LogP contribution in [0.15, 0.2) is 22.0 Å². The van der Waals surface area contributed by atoms with E-state index in [0.29, 0.717) is 0 Å². The maximum atomic E-state index is 5.77. The molecule has 96 valence electrons. The van der Waals surface area contributed by atoms with Gasteiger partial charge in [0.25, 0.3) is 0 Å². The SMILES string of the molecule is Cc1cc(-c2ccc(Br)s2)nc(CCC(C)N)n1. The Bertz CT molecular complexity index is 537. The smallest absolute Gasteiger partial charge is 0.129 e. The van der Waals surface area contributed by atoms with Crippen LogP contribution in [0, 0.1) is 6.92 Å². The van der Waals surface area contributed by atoms with E-state index in [2.05, 4.69) is 32.0 Å². The van der Waals surface area contributed by atoms with Crippen LogP contribution < -0.4 is 5.73 Å². The lowest BCUT2D eigenvalue weighted by Gasteiger charge is -2.06. The zero-order valence-corrected chi connectivity index (χ0v) is 12.9. The van der Waals surface area contributed by atoms with E-state index in [-0.39, 0.29) is 6.04 Å². The molecule has 2 aromatic heterocycles. The summed E-state index contributed by atoms with van der Waals surface area (Å²) in [5.74, 6) is 0.881. The minimum atomic E-state index is 0.188. The second kappa shape index (κ2) is 5.91. The molecule has 0 bridgehead atoms. The van der Waals surface area contributed by atoms with E-state index in [9.17, 15) is 0 Å². The molecule has 2 aromatic rings. The Labute approximate surface area is 120 Å². The summed E-state index contributed by atoms with van der Waals surface area (Å²) < 4.78 is 1.12. The molecule has 0 radical (unpaired) electrons. The molecule has 3 nitrogen and oxygen atoms in total. The van der Waals surface area contributed by atoms with Gasteiger partial charge in [-0.2, -0.15) is 0 Å². The van der Waals surface area contributed by atoms with Crippen LogP contribution in [0.5, 0.6) is 0 Å². The second-order valence-electron chi connectivity index (χ2n) is 4.43. The number of nitrogens with zero attached hydrogens (tertiary/aromatic N) is 2. The monoisotopic (exact) mass is 325 g/mol. The van der Waals surface area contributed by atoms with Crippen molar-refractivity contribution in [2.45, 2.75) is 32.7 Å². The molecule has 0 saturated heterocycles. The molecule has 0 fully saturated rings. The fourth-order valence-corrected chi connectivity index (χ4v) is 3.02. The van der Waals surface area contributed by atoms with E-state index >= 15 is 0 Å². The van der Waals surface area contributed by atoms with Gasteiger partial charge in [0.2, 0.25) is 0 Å². The van der Waals surface area contributed by atoms with Crippen LogP contribution in [0.4, 0.5) is 0 Å². The molecule has 0 aliphatic carbocycles. The highest BCUT2D eigenvalue weighted by molar-refractivity contribution is 9.11. The van der Waals surface area contributed by atoms with E-state index in [1.165, 1.54) is 0 Å². The maximum Gasteiger partial charge on any atom is 0.129 e. The van der Waals surface area contributed by atoms with Gasteiger partial charge in [0.15, 0.2) is 0 Å². The summed E-state index contributed by atoms with van der Waals surface area (Å²) >= 11 is 5.16. The average molecular weight is 326 g/mol. The normalized spacial score (nSPS) is 12.7. The van der Waals surface area contributed by atoms with Gasteiger partial charge >= 0.3 is 0 Å². The standard InChI is InChI=1S/C13H16BrN3S/c1-8(15)3-6-13-16-9(2)7-10(17-13)11-4-5-12(14)18-11/h4-5,7-8H,3,6,15H2,1-2H3. The highest BCUT2D eigenvalue weighted by Crippen LogP contribution is 2.30. The summed E-state index contributed by atoms with van der Waals surface area (Å²) in [6, 6.07) is 6.33. The van der Waals surface area contributed by atoms with Gasteiger partial charge in [-0.3, -0.25) is 0 Å². The van der Waals surface area contributed by atoms with E-state index in [1.54, 1.807) is 11.3 Å². The van der Waals surface area contributed by atoms with Gasteiger partial charge in [0.1, 0.15) is 5.82 Å². The molecule has 1 unspecified atom stereocenters. The molecule has 1 atom stereocenters. The molecule has 5 heteroatoms. The van der Waals surface area contributed by atoms with Crippen LogP contribution in [-0.2, 0) is 6.42 Å². The van der Waals surface area contributed by atoms with Gasteiger partial charge in [-0.25, -0.2) is 9.97 Å². The quantitative estimate of drug-likeness (QED) is 0.935. The lowest BCUT2D eigenvalue weighted by Crippen LogP contribution is -2.16. The molecule has 0 saturated carbocycles. The first-order valence-electron chi connectivity index (χ1n) is 5.90. The van der Waals surface area contributed by atoms with Crippen LogP contribution in [0.2, 0.25) is 0 Å². The van der Waals surface area contributed by atoms with Crippen LogP contribution >= 0.6 is 27.3 Å². The Morgan fingerprint density at radius 1 is 1.39 bits per heavy atom. The Morgan fingerprint density at radius 2 is 2.17 bits per heavy atom. The first-order chi connectivity index (χ1) is 8.54. The van der Waals surface area contributed by atoms with Gasteiger partial charge in [0, 0.05) is 18.2 Å². The van der Waals surface area contributed by atoms with Crippen molar-refractivity contribution >= 4 is 27.3 Å². The minimum Gasteiger partial charge on any atom is -0.328 e. The van der Waals surface area contributed by atoms with E-state index in [1.807, 2.05) is 26.0 Å². The topological polar surface area (TPSA) is 51.8 Å². The third kappa shape index (κ3) is 3.60. The summed E-state index contributed by atoms with van der Waals surface area (Å²) in [6.45, 7) is 4.01. The summed E-state index contributed by atoms with van der Waals surface area (Å²) in [7, 11) is 0.